The predicted molar refractivity (Wildman–Crippen MR) is 127 cm³/mol. The minimum Gasteiger partial charge on any atom is -0.273 e. The fraction of sp³-hybridized carbons (Fsp3) is 0.296. The van der Waals surface area contributed by atoms with E-state index in [1.807, 2.05) is 31.2 Å². The van der Waals surface area contributed by atoms with Gasteiger partial charge < -0.3 is 0 Å². The number of amides is 1. The van der Waals surface area contributed by atoms with Gasteiger partial charge in [-0.15, -0.1) is 0 Å². The number of rotatable bonds is 3. The van der Waals surface area contributed by atoms with Crippen molar-refractivity contribution in [1.82, 2.24) is 4.31 Å². The second-order valence-corrected chi connectivity index (χ2v) is 11.4. The maximum Gasteiger partial charge on any atom is 0.266 e. The monoisotopic (exact) mass is 447 g/mol. The second-order valence-electron chi connectivity index (χ2n) is 9.54. The molecule has 1 aliphatic heterocycles. The van der Waals surface area contributed by atoms with Gasteiger partial charge in [-0.1, -0.05) is 87.0 Å². The summed E-state index contributed by atoms with van der Waals surface area (Å²) in [6.45, 7) is 8.48. The van der Waals surface area contributed by atoms with Gasteiger partial charge >= 0.3 is 0 Å². The number of carbonyl (C=O) groups excluding carboxylic acids is 1. The largest absolute Gasteiger partial charge is 0.273 e. The number of carbonyl (C=O) groups is 1. The zero-order valence-corrected chi connectivity index (χ0v) is 19.8. The summed E-state index contributed by atoms with van der Waals surface area (Å²) in [5, 5.41) is 0. The van der Waals surface area contributed by atoms with Crippen LogP contribution >= 0.6 is 0 Å². The van der Waals surface area contributed by atoms with Crippen molar-refractivity contribution in [2.75, 3.05) is 6.54 Å². The molecule has 0 saturated heterocycles. The van der Waals surface area contributed by atoms with E-state index in [0.717, 1.165) is 26.6 Å². The zero-order valence-electron chi connectivity index (χ0n) is 19.0. The molecule has 0 radical (unpaired) electrons. The van der Waals surface area contributed by atoms with Crippen LogP contribution < -0.4 is 0 Å². The highest BCUT2D eigenvalue weighted by atomic mass is 32.2. The standard InChI is InChI=1S/C27H29NO3S/c1-19-9-15-23(16-10-19)32(30,31)28-18-25(20-11-13-22(14-12-20)27(2,3)4)24-8-6-5-7-21(24)17-26(28)29/h5-16,25H,17-18H2,1-4H3. The van der Waals surface area contributed by atoms with E-state index in [0.29, 0.717) is 0 Å². The third kappa shape index (κ3) is 4.22. The fourth-order valence-corrected chi connectivity index (χ4v) is 5.63. The molecular formula is C27H29NO3S. The van der Waals surface area contributed by atoms with E-state index in [4.69, 9.17) is 0 Å². The molecule has 0 N–H and O–H groups in total. The van der Waals surface area contributed by atoms with Crippen molar-refractivity contribution in [3.8, 4) is 0 Å². The molecule has 4 nitrogen and oxygen atoms in total. The Hall–Kier alpha value is -2.92. The van der Waals surface area contributed by atoms with Gasteiger partial charge in [0.2, 0.25) is 5.91 Å². The van der Waals surface area contributed by atoms with Gasteiger partial charge in [0.15, 0.2) is 0 Å². The number of hydrogen-bond donors (Lipinski definition) is 0. The molecule has 3 aromatic rings. The lowest BCUT2D eigenvalue weighted by Crippen LogP contribution is -2.39. The maximum atomic E-state index is 13.5. The first-order chi connectivity index (χ1) is 15.1. The Bertz CT molecular complexity index is 1240. The first kappa shape index (κ1) is 22.3. The summed E-state index contributed by atoms with van der Waals surface area (Å²) in [5.74, 6) is -0.626. The Kier molecular flexibility index (Phi) is 5.72. The summed E-state index contributed by atoms with van der Waals surface area (Å²) >= 11 is 0. The van der Waals surface area contributed by atoms with Crippen molar-refractivity contribution >= 4 is 15.9 Å². The van der Waals surface area contributed by atoms with E-state index < -0.39 is 15.9 Å². The summed E-state index contributed by atoms with van der Waals surface area (Å²) in [6.07, 6.45) is 0.0673. The Morgan fingerprint density at radius 2 is 1.50 bits per heavy atom. The summed E-state index contributed by atoms with van der Waals surface area (Å²) in [4.78, 5) is 13.3. The highest BCUT2D eigenvalue weighted by Gasteiger charge is 2.36. The number of nitrogens with zero attached hydrogens (tertiary/aromatic N) is 1. The van der Waals surface area contributed by atoms with Gasteiger partial charge in [-0.05, 0) is 46.7 Å². The Morgan fingerprint density at radius 3 is 2.12 bits per heavy atom. The van der Waals surface area contributed by atoms with Gasteiger partial charge in [-0.3, -0.25) is 4.79 Å². The lowest BCUT2D eigenvalue weighted by molar-refractivity contribution is -0.125. The fourth-order valence-electron chi connectivity index (χ4n) is 4.22. The van der Waals surface area contributed by atoms with Crippen LogP contribution in [0.25, 0.3) is 0 Å². The second kappa shape index (κ2) is 8.21. The molecular weight excluding hydrogens is 418 g/mol. The van der Waals surface area contributed by atoms with Crippen LogP contribution in [0.4, 0.5) is 0 Å². The molecule has 0 bridgehead atoms. The topological polar surface area (TPSA) is 54.5 Å². The van der Waals surface area contributed by atoms with Crippen molar-refractivity contribution in [1.29, 1.82) is 0 Å². The molecule has 166 valence electrons. The van der Waals surface area contributed by atoms with Crippen LogP contribution in [0.3, 0.4) is 0 Å². The number of hydrogen-bond acceptors (Lipinski definition) is 3. The van der Waals surface area contributed by atoms with Gasteiger partial charge in [-0.25, -0.2) is 12.7 Å². The van der Waals surface area contributed by atoms with Gasteiger partial charge in [0.25, 0.3) is 10.0 Å². The van der Waals surface area contributed by atoms with E-state index in [-0.39, 0.29) is 29.2 Å². The van der Waals surface area contributed by atoms with E-state index in [1.54, 1.807) is 24.3 Å². The minimum atomic E-state index is -3.96. The SMILES string of the molecule is Cc1ccc(S(=O)(=O)N2CC(c3ccc(C(C)(C)C)cc3)c3ccccc3CC2=O)cc1. The van der Waals surface area contributed by atoms with Crippen LogP contribution in [-0.4, -0.2) is 25.2 Å². The van der Waals surface area contributed by atoms with Crippen molar-refractivity contribution < 1.29 is 13.2 Å². The normalized spacial score (nSPS) is 17.1. The van der Waals surface area contributed by atoms with Crippen LogP contribution in [-0.2, 0) is 26.7 Å². The summed E-state index contributed by atoms with van der Waals surface area (Å²) in [5.41, 5.74) is 5.09. The lowest BCUT2D eigenvalue weighted by atomic mass is 9.83. The molecule has 1 aliphatic rings. The average Bonchev–Trinajstić information content (AvgIpc) is 2.90. The summed E-state index contributed by atoms with van der Waals surface area (Å²) in [6, 6.07) is 22.8. The third-order valence-corrected chi connectivity index (χ3v) is 7.99. The third-order valence-electron chi connectivity index (χ3n) is 6.19. The van der Waals surface area contributed by atoms with Crippen LogP contribution in [0.2, 0.25) is 0 Å². The number of fused-ring (bicyclic) bond motifs is 1. The molecule has 0 spiro atoms. The van der Waals surface area contributed by atoms with Gasteiger partial charge in [0, 0.05) is 12.5 Å². The quantitative estimate of drug-likeness (QED) is 0.555. The van der Waals surface area contributed by atoms with E-state index in [9.17, 15) is 13.2 Å². The van der Waals surface area contributed by atoms with Crippen LogP contribution in [0, 0.1) is 6.92 Å². The molecule has 5 heteroatoms. The molecule has 0 saturated carbocycles. The molecule has 0 aromatic heterocycles. The van der Waals surface area contributed by atoms with Crippen LogP contribution in [0.1, 0.15) is 54.5 Å². The Labute approximate surface area is 191 Å². The highest BCUT2D eigenvalue weighted by Crippen LogP contribution is 2.35. The van der Waals surface area contributed by atoms with Gasteiger partial charge in [0.05, 0.1) is 11.3 Å². The van der Waals surface area contributed by atoms with Crippen molar-refractivity contribution in [3.63, 3.8) is 0 Å². The minimum absolute atomic E-state index is 0.0245. The lowest BCUT2D eigenvalue weighted by Gasteiger charge is -2.26. The zero-order chi connectivity index (χ0) is 23.1. The van der Waals surface area contributed by atoms with Crippen molar-refractivity contribution in [2.24, 2.45) is 0 Å². The molecule has 3 aromatic carbocycles. The van der Waals surface area contributed by atoms with Gasteiger partial charge in [0.1, 0.15) is 0 Å². The molecule has 1 heterocycles. The molecule has 1 atom stereocenters. The van der Waals surface area contributed by atoms with Crippen molar-refractivity contribution in [3.05, 3.63) is 101 Å². The van der Waals surface area contributed by atoms with Crippen LogP contribution in [0.5, 0.6) is 0 Å². The first-order valence-electron chi connectivity index (χ1n) is 10.9. The summed E-state index contributed by atoms with van der Waals surface area (Å²) < 4.78 is 28.0. The molecule has 1 unspecified atom stereocenters. The van der Waals surface area contributed by atoms with E-state index in [1.165, 1.54) is 5.56 Å². The van der Waals surface area contributed by atoms with E-state index >= 15 is 0 Å². The van der Waals surface area contributed by atoms with Crippen molar-refractivity contribution in [2.45, 2.75) is 50.3 Å². The number of aryl methyl sites for hydroxylation is 1. The molecule has 32 heavy (non-hydrogen) atoms. The highest BCUT2D eigenvalue weighted by molar-refractivity contribution is 7.89. The summed E-state index contributed by atoms with van der Waals surface area (Å²) in [7, 11) is -3.96. The van der Waals surface area contributed by atoms with E-state index in [2.05, 4.69) is 45.0 Å². The predicted octanol–water partition coefficient (Wildman–Crippen LogP) is 5.20. The first-order valence-corrected chi connectivity index (χ1v) is 12.3. The van der Waals surface area contributed by atoms with Crippen LogP contribution in [0.15, 0.2) is 77.7 Å². The number of benzene rings is 3. The van der Waals surface area contributed by atoms with Gasteiger partial charge in [-0.2, -0.15) is 0 Å². The Morgan fingerprint density at radius 1 is 0.875 bits per heavy atom. The maximum absolute atomic E-state index is 13.5. The molecule has 0 aliphatic carbocycles. The Balaban J connectivity index is 1.79. The molecule has 4 rings (SSSR count). The average molecular weight is 448 g/mol. The smallest absolute Gasteiger partial charge is 0.266 e. The number of sulfonamides is 1. The molecule has 1 amide bonds. The molecule has 0 fully saturated rings.